The largest absolute Gasteiger partial charge is 0.314 e. The van der Waals surface area contributed by atoms with Gasteiger partial charge in [0.2, 0.25) is 0 Å². The van der Waals surface area contributed by atoms with Crippen molar-refractivity contribution in [3.8, 4) is 0 Å². The quantitative estimate of drug-likeness (QED) is 0.398. The third-order valence-electron chi connectivity index (χ3n) is 3.36. The van der Waals surface area contributed by atoms with Crippen molar-refractivity contribution in [1.29, 1.82) is 0 Å². The molecule has 0 aromatic carbocycles. The van der Waals surface area contributed by atoms with E-state index in [2.05, 4.69) is 26.1 Å². The zero-order chi connectivity index (χ0) is 13.0. The number of nitrogens with two attached hydrogens (primary N) is 1. The maximum absolute atomic E-state index is 6.21. The maximum Gasteiger partial charge on any atom is 0.0632 e. The van der Waals surface area contributed by atoms with Crippen molar-refractivity contribution in [1.82, 2.24) is 5.32 Å². The Bertz CT molecular complexity index is 155. The van der Waals surface area contributed by atoms with Gasteiger partial charge >= 0.3 is 0 Å². The summed E-state index contributed by atoms with van der Waals surface area (Å²) < 4.78 is 0. The van der Waals surface area contributed by atoms with E-state index in [1.807, 2.05) is 0 Å². The van der Waals surface area contributed by atoms with Crippen LogP contribution >= 0.6 is 0 Å². The second kappa shape index (κ2) is 11.0. The molecule has 104 valence electrons. The molecular weight excluding hydrogens is 208 g/mol. The van der Waals surface area contributed by atoms with Crippen LogP contribution in [0.5, 0.6) is 0 Å². The second-order valence-electron chi connectivity index (χ2n) is 5.57. The first kappa shape index (κ1) is 16.9. The molecule has 0 rings (SSSR count). The van der Waals surface area contributed by atoms with Gasteiger partial charge in [-0.2, -0.15) is 0 Å². The van der Waals surface area contributed by atoms with Crippen LogP contribution in [-0.4, -0.2) is 12.2 Å². The Balaban J connectivity index is 3.32. The molecule has 0 aliphatic carbocycles. The van der Waals surface area contributed by atoms with E-state index in [0.29, 0.717) is 0 Å². The molecule has 0 saturated carbocycles. The molecule has 2 nitrogen and oxygen atoms in total. The van der Waals surface area contributed by atoms with Gasteiger partial charge in [-0.25, -0.2) is 0 Å². The molecule has 0 aliphatic rings. The Kier molecular flexibility index (Phi) is 11.0. The van der Waals surface area contributed by atoms with E-state index in [-0.39, 0.29) is 5.66 Å². The molecule has 0 aromatic heterocycles. The summed E-state index contributed by atoms with van der Waals surface area (Å²) >= 11 is 0. The third kappa shape index (κ3) is 12.2. The van der Waals surface area contributed by atoms with E-state index >= 15 is 0 Å². The lowest BCUT2D eigenvalue weighted by atomic mass is 10.0. The lowest BCUT2D eigenvalue weighted by Crippen LogP contribution is -2.50. The number of hydrogen-bond donors (Lipinski definition) is 2. The molecule has 1 atom stereocenters. The summed E-state index contributed by atoms with van der Waals surface area (Å²) in [6.45, 7) is 7.66. The zero-order valence-corrected chi connectivity index (χ0v) is 12.4. The molecule has 0 aromatic rings. The Labute approximate surface area is 109 Å². The summed E-state index contributed by atoms with van der Waals surface area (Å²) in [5.74, 6) is 0. The van der Waals surface area contributed by atoms with Crippen molar-refractivity contribution in [2.45, 2.75) is 90.6 Å². The molecule has 0 saturated heterocycles. The fourth-order valence-electron chi connectivity index (χ4n) is 2.09. The summed E-state index contributed by atoms with van der Waals surface area (Å²) in [5, 5.41) is 3.45. The molecule has 0 aliphatic heterocycles. The Morgan fingerprint density at radius 3 is 1.94 bits per heavy atom. The van der Waals surface area contributed by atoms with Crippen LogP contribution in [0.15, 0.2) is 0 Å². The lowest BCUT2D eigenvalue weighted by Gasteiger charge is -2.26. The minimum absolute atomic E-state index is 0.154. The molecule has 3 N–H and O–H groups in total. The molecular formula is C15H34N2. The SMILES string of the molecule is CCCCCCCCCC(C)(N)NCCCC. The highest BCUT2D eigenvalue weighted by Gasteiger charge is 2.15. The summed E-state index contributed by atoms with van der Waals surface area (Å²) in [7, 11) is 0. The molecule has 0 fully saturated rings. The van der Waals surface area contributed by atoms with Crippen molar-refractivity contribution in [2.75, 3.05) is 6.54 Å². The van der Waals surface area contributed by atoms with E-state index in [1.165, 1.54) is 57.8 Å². The molecule has 0 heterocycles. The van der Waals surface area contributed by atoms with Crippen LogP contribution in [0.1, 0.15) is 85.0 Å². The standard InChI is InChI=1S/C15H34N2/c1-4-6-8-9-10-11-12-13-15(3,16)17-14-7-5-2/h17H,4-14,16H2,1-3H3. The summed E-state index contributed by atoms with van der Waals surface area (Å²) in [4.78, 5) is 0. The lowest BCUT2D eigenvalue weighted by molar-refractivity contribution is 0.326. The van der Waals surface area contributed by atoms with E-state index in [0.717, 1.165) is 13.0 Å². The highest BCUT2D eigenvalue weighted by atomic mass is 15.1. The van der Waals surface area contributed by atoms with E-state index in [9.17, 15) is 0 Å². The van der Waals surface area contributed by atoms with Crippen molar-refractivity contribution in [3.63, 3.8) is 0 Å². The summed E-state index contributed by atoms with van der Waals surface area (Å²) in [6.07, 6.45) is 13.1. The predicted octanol–water partition coefficient (Wildman–Crippen LogP) is 4.19. The van der Waals surface area contributed by atoms with Gasteiger partial charge in [0.15, 0.2) is 0 Å². The first-order valence-corrected chi connectivity index (χ1v) is 7.66. The van der Waals surface area contributed by atoms with Gasteiger partial charge in [-0.1, -0.05) is 65.2 Å². The Morgan fingerprint density at radius 1 is 0.824 bits per heavy atom. The van der Waals surface area contributed by atoms with Crippen LogP contribution in [0.2, 0.25) is 0 Å². The van der Waals surface area contributed by atoms with Crippen LogP contribution in [0.4, 0.5) is 0 Å². The van der Waals surface area contributed by atoms with E-state index in [1.54, 1.807) is 0 Å². The number of hydrogen-bond acceptors (Lipinski definition) is 2. The van der Waals surface area contributed by atoms with Crippen molar-refractivity contribution in [2.24, 2.45) is 5.73 Å². The molecule has 0 spiro atoms. The highest BCUT2D eigenvalue weighted by Crippen LogP contribution is 2.12. The topological polar surface area (TPSA) is 38.0 Å². The van der Waals surface area contributed by atoms with E-state index < -0.39 is 0 Å². The van der Waals surface area contributed by atoms with Gasteiger partial charge in [0.1, 0.15) is 0 Å². The first-order valence-electron chi connectivity index (χ1n) is 7.66. The Morgan fingerprint density at radius 2 is 1.35 bits per heavy atom. The normalized spacial score (nSPS) is 14.8. The number of rotatable bonds is 12. The van der Waals surface area contributed by atoms with Crippen molar-refractivity contribution >= 4 is 0 Å². The highest BCUT2D eigenvalue weighted by molar-refractivity contribution is 4.75. The van der Waals surface area contributed by atoms with Crippen LogP contribution in [0, 0.1) is 0 Å². The zero-order valence-electron chi connectivity index (χ0n) is 12.4. The van der Waals surface area contributed by atoms with Crippen LogP contribution in [-0.2, 0) is 0 Å². The average molecular weight is 242 g/mol. The van der Waals surface area contributed by atoms with Crippen LogP contribution < -0.4 is 11.1 Å². The first-order chi connectivity index (χ1) is 8.12. The molecule has 17 heavy (non-hydrogen) atoms. The summed E-state index contributed by atoms with van der Waals surface area (Å²) in [6, 6.07) is 0. The molecule has 1 unspecified atom stereocenters. The van der Waals surface area contributed by atoms with Gasteiger partial charge in [0, 0.05) is 0 Å². The van der Waals surface area contributed by atoms with Gasteiger partial charge < -0.3 is 5.73 Å². The number of nitrogens with one attached hydrogen (secondary N) is 1. The fourth-order valence-corrected chi connectivity index (χ4v) is 2.09. The van der Waals surface area contributed by atoms with Crippen molar-refractivity contribution in [3.05, 3.63) is 0 Å². The van der Waals surface area contributed by atoms with Gasteiger partial charge in [0.05, 0.1) is 5.66 Å². The number of unbranched alkanes of at least 4 members (excludes halogenated alkanes) is 7. The monoisotopic (exact) mass is 242 g/mol. The van der Waals surface area contributed by atoms with E-state index in [4.69, 9.17) is 5.73 Å². The predicted molar refractivity (Wildman–Crippen MR) is 78.1 cm³/mol. The molecule has 0 amide bonds. The van der Waals surface area contributed by atoms with Gasteiger partial charge in [-0.05, 0) is 26.3 Å². The van der Waals surface area contributed by atoms with Crippen LogP contribution in [0.3, 0.4) is 0 Å². The average Bonchev–Trinajstić information content (AvgIpc) is 2.28. The maximum atomic E-state index is 6.21. The minimum Gasteiger partial charge on any atom is -0.314 e. The summed E-state index contributed by atoms with van der Waals surface area (Å²) in [5.41, 5.74) is 6.05. The molecule has 0 radical (unpaired) electrons. The van der Waals surface area contributed by atoms with Crippen LogP contribution in [0.25, 0.3) is 0 Å². The third-order valence-corrected chi connectivity index (χ3v) is 3.36. The van der Waals surface area contributed by atoms with Crippen molar-refractivity contribution < 1.29 is 0 Å². The van der Waals surface area contributed by atoms with Gasteiger partial charge in [-0.3, -0.25) is 5.32 Å². The Hall–Kier alpha value is -0.0800. The fraction of sp³-hybridized carbons (Fsp3) is 1.00. The second-order valence-corrected chi connectivity index (χ2v) is 5.57. The van der Waals surface area contributed by atoms with Gasteiger partial charge in [0.25, 0.3) is 0 Å². The van der Waals surface area contributed by atoms with Gasteiger partial charge in [-0.15, -0.1) is 0 Å². The smallest absolute Gasteiger partial charge is 0.0632 e. The molecule has 0 bridgehead atoms. The molecule has 2 heteroatoms. The minimum atomic E-state index is -0.154.